The van der Waals surface area contributed by atoms with Gasteiger partial charge in [-0.05, 0) is 23.3 Å². The number of hydrogen-bond donors (Lipinski definition) is 1. The molecule has 0 saturated carbocycles. The van der Waals surface area contributed by atoms with Crippen molar-refractivity contribution in [3.8, 4) is 11.1 Å². The Morgan fingerprint density at radius 3 is 2.26 bits per heavy atom. The Morgan fingerprint density at radius 2 is 1.68 bits per heavy atom. The normalized spacial score (nSPS) is 10.2. The van der Waals surface area contributed by atoms with Crippen LogP contribution in [0.25, 0.3) is 11.1 Å². The Bertz CT molecular complexity index is 618. The zero-order valence-corrected chi connectivity index (χ0v) is 9.97. The molecule has 0 saturated heterocycles. The average molecular weight is 258 g/mol. The minimum atomic E-state index is -1.15. The number of carbonyl (C=O) groups is 2. The van der Waals surface area contributed by atoms with Gasteiger partial charge in [0.1, 0.15) is 12.2 Å². The summed E-state index contributed by atoms with van der Waals surface area (Å²) in [6, 6.07) is 12.6. The number of carboxylic acids is 1. The first-order valence-corrected chi connectivity index (χ1v) is 5.67. The van der Waals surface area contributed by atoms with Gasteiger partial charge in [0.2, 0.25) is 0 Å². The number of benzene rings is 2. The molecular weight excluding hydrogens is 247 g/mol. The standard InChI is InChI=1S/C15H11FO3/c16-13-3-1-2-12(8-13)10-4-6-11(7-5-10)14(17)9-15(18)19/h1-8H,9H2,(H,18,19). The van der Waals surface area contributed by atoms with Gasteiger partial charge in [-0.1, -0.05) is 36.4 Å². The summed E-state index contributed by atoms with van der Waals surface area (Å²) in [7, 11) is 0. The highest BCUT2D eigenvalue weighted by atomic mass is 19.1. The molecule has 0 atom stereocenters. The van der Waals surface area contributed by atoms with Crippen LogP contribution in [0.1, 0.15) is 16.8 Å². The van der Waals surface area contributed by atoms with Crippen molar-refractivity contribution in [3.63, 3.8) is 0 Å². The molecule has 0 aliphatic carbocycles. The van der Waals surface area contributed by atoms with Crippen LogP contribution >= 0.6 is 0 Å². The SMILES string of the molecule is O=C(O)CC(=O)c1ccc(-c2cccc(F)c2)cc1. The summed E-state index contributed by atoms with van der Waals surface area (Å²) in [4.78, 5) is 22.0. The van der Waals surface area contributed by atoms with E-state index in [1.54, 1.807) is 36.4 Å². The fourth-order valence-electron chi connectivity index (χ4n) is 1.76. The summed E-state index contributed by atoms with van der Waals surface area (Å²) in [5.74, 6) is -1.93. The molecule has 4 heteroatoms. The number of carbonyl (C=O) groups excluding carboxylic acids is 1. The van der Waals surface area contributed by atoms with E-state index in [-0.39, 0.29) is 5.82 Å². The molecule has 0 aromatic heterocycles. The monoisotopic (exact) mass is 258 g/mol. The van der Waals surface area contributed by atoms with E-state index in [0.29, 0.717) is 11.1 Å². The molecule has 2 aromatic carbocycles. The number of carboxylic acid groups (broad SMARTS) is 1. The molecular formula is C15H11FO3. The molecule has 19 heavy (non-hydrogen) atoms. The van der Waals surface area contributed by atoms with Gasteiger partial charge in [0, 0.05) is 5.56 Å². The Morgan fingerprint density at radius 1 is 1.00 bits per heavy atom. The lowest BCUT2D eigenvalue weighted by Gasteiger charge is -2.03. The molecule has 0 heterocycles. The largest absolute Gasteiger partial charge is 0.481 e. The topological polar surface area (TPSA) is 54.4 Å². The lowest BCUT2D eigenvalue weighted by molar-refractivity contribution is -0.135. The van der Waals surface area contributed by atoms with Crippen LogP contribution in [0.5, 0.6) is 0 Å². The molecule has 96 valence electrons. The number of halogens is 1. The van der Waals surface area contributed by atoms with Crippen LogP contribution in [-0.2, 0) is 4.79 Å². The number of hydrogen-bond acceptors (Lipinski definition) is 2. The second kappa shape index (κ2) is 5.44. The minimum Gasteiger partial charge on any atom is -0.481 e. The zero-order valence-electron chi connectivity index (χ0n) is 9.97. The van der Waals surface area contributed by atoms with Crippen molar-refractivity contribution < 1.29 is 19.1 Å². The van der Waals surface area contributed by atoms with Crippen molar-refractivity contribution in [1.82, 2.24) is 0 Å². The van der Waals surface area contributed by atoms with Gasteiger partial charge < -0.3 is 5.11 Å². The molecule has 0 aliphatic heterocycles. The minimum absolute atomic E-state index is 0.330. The van der Waals surface area contributed by atoms with Crippen LogP contribution < -0.4 is 0 Å². The second-order valence-corrected chi connectivity index (χ2v) is 4.08. The fourth-order valence-corrected chi connectivity index (χ4v) is 1.76. The van der Waals surface area contributed by atoms with Gasteiger partial charge >= 0.3 is 5.97 Å². The van der Waals surface area contributed by atoms with Crippen LogP contribution in [-0.4, -0.2) is 16.9 Å². The summed E-state index contributed by atoms with van der Waals surface area (Å²) < 4.78 is 13.1. The molecule has 3 nitrogen and oxygen atoms in total. The Kier molecular flexibility index (Phi) is 3.71. The molecule has 1 N–H and O–H groups in total. The van der Waals surface area contributed by atoms with Crippen LogP contribution in [0.2, 0.25) is 0 Å². The summed E-state index contributed by atoms with van der Waals surface area (Å²) >= 11 is 0. The third-order valence-electron chi connectivity index (χ3n) is 2.68. The van der Waals surface area contributed by atoms with E-state index < -0.39 is 18.2 Å². The van der Waals surface area contributed by atoms with Crippen LogP contribution in [0.3, 0.4) is 0 Å². The average Bonchev–Trinajstić information content (AvgIpc) is 2.38. The van der Waals surface area contributed by atoms with Crippen LogP contribution in [0, 0.1) is 5.82 Å². The van der Waals surface area contributed by atoms with E-state index in [9.17, 15) is 14.0 Å². The van der Waals surface area contributed by atoms with E-state index in [0.717, 1.165) is 5.56 Å². The Hall–Kier alpha value is -2.49. The smallest absolute Gasteiger partial charge is 0.311 e. The lowest BCUT2D eigenvalue weighted by atomic mass is 10.0. The van der Waals surface area contributed by atoms with Crippen molar-refractivity contribution >= 4 is 11.8 Å². The molecule has 0 radical (unpaired) electrons. The van der Waals surface area contributed by atoms with Crippen LogP contribution in [0.15, 0.2) is 48.5 Å². The fraction of sp³-hybridized carbons (Fsp3) is 0.0667. The van der Waals surface area contributed by atoms with Crippen molar-refractivity contribution in [3.05, 3.63) is 59.9 Å². The predicted octanol–water partition coefficient (Wildman–Crippen LogP) is 3.15. The summed E-state index contributed by atoms with van der Waals surface area (Å²) in [5, 5.41) is 8.55. The first kappa shape index (κ1) is 13.0. The molecule has 0 spiro atoms. The zero-order chi connectivity index (χ0) is 13.8. The lowest BCUT2D eigenvalue weighted by Crippen LogP contribution is -2.06. The number of Topliss-reactive ketones (excluding diaryl/α,β-unsaturated/α-hetero) is 1. The molecule has 2 aromatic rings. The van der Waals surface area contributed by atoms with E-state index in [2.05, 4.69) is 0 Å². The molecule has 2 rings (SSSR count). The molecule has 0 amide bonds. The maximum absolute atomic E-state index is 13.1. The summed E-state index contributed by atoms with van der Waals surface area (Å²) in [6.07, 6.45) is -0.528. The highest BCUT2D eigenvalue weighted by Crippen LogP contribution is 2.20. The number of rotatable bonds is 4. The highest BCUT2D eigenvalue weighted by Gasteiger charge is 2.10. The molecule has 0 fully saturated rings. The van der Waals surface area contributed by atoms with Gasteiger partial charge in [-0.25, -0.2) is 4.39 Å². The summed E-state index contributed by atoms with van der Waals surface area (Å²) in [6.45, 7) is 0. The second-order valence-electron chi connectivity index (χ2n) is 4.08. The molecule has 0 aliphatic rings. The summed E-state index contributed by atoms with van der Waals surface area (Å²) in [5.41, 5.74) is 1.81. The Balaban J connectivity index is 2.23. The molecule has 0 unspecified atom stereocenters. The maximum Gasteiger partial charge on any atom is 0.311 e. The first-order valence-electron chi connectivity index (χ1n) is 5.67. The van der Waals surface area contributed by atoms with Crippen molar-refractivity contribution in [2.75, 3.05) is 0 Å². The third kappa shape index (κ3) is 3.25. The van der Waals surface area contributed by atoms with E-state index in [1.807, 2.05) is 0 Å². The van der Waals surface area contributed by atoms with E-state index in [1.165, 1.54) is 12.1 Å². The van der Waals surface area contributed by atoms with Gasteiger partial charge in [0.05, 0.1) is 0 Å². The van der Waals surface area contributed by atoms with Crippen molar-refractivity contribution in [1.29, 1.82) is 0 Å². The number of aliphatic carboxylic acids is 1. The van der Waals surface area contributed by atoms with E-state index in [4.69, 9.17) is 5.11 Å². The van der Waals surface area contributed by atoms with Crippen molar-refractivity contribution in [2.45, 2.75) is 6.42 Å². The van der Waals surface area contributed by atoms with Gasteiger partial charge in [-0.15, -0.1) is 0 Å². The Labute approximate surface area is 109 Å². The third-order valence-corrected chi connectivity index (χ3v) is 2.68. The van der Waals surface area contributed by atoms with Gasteiger partial charge in [-0.3, -0.25) is 9.59 Å². The quantitative estimate of drug-likeness (QED) is 0.677. The first-order chi connectivity index (χ1) is 9.06. The highest BCUT2D eigenvalue weighted by molar-refractivity contribution is 6.05. The maximum atomic E-state index is 13.1. The van der Waals surface area contributed by atoms with E-state index >= 15 is 0 Å². The van der Waals surface area contributed by atoms with Gasteiger partial charge in [-0.2, -0.15) is 0 Å². The van der Waals surface area contributed by atoms with Crippen LogP contribution in [0.4, 0.5) is 4.39 Å². The van der Waals surface area contributed by atoms with Gasteiger partial charge in [0.25, 0.3) is 0 Å². The number of ketones is 1. The predicted molar refractivity (Wildman–Crippen MR) is 68.4 cm³/mol. The molecule has 0 bridgehead atoms. The van der Waals surface area contributed by atoms with Gasteiger partial charge in [0.15, 0.2) is 5.78 Å². The van der Waals surface area contributed by atoms with Crippen molar-refractivity contribution in [2.24, 2.45) is 0 Å².